The number of hydrogen-bond acceptors (Lipinski definition) is 9. The Morgan fingerprint density at radius 1 is 1.24 bits per heavy atom. The summed E-state index contributed by atoms with van der Waals surface area (Å²) in [5, 5.41) is 22.3. The lowest BCUT2D eigenvalue weighted by Gasteiger charge is -2.36. The first-order chi connectivity index (χ1) is 17.8. The zero-order valence-corrected chi connectivity index (χ0v) is 23.4. The SMILES string of the molecule is CC(=Cc1coc(C)n1)C1CC2OC2(C)CCCC(C)C(O)C(CC2CO2)C(=O)C(C)(C)C(O)CC(=O)O1. The van der Waals surface area contributed by atoms with E-state index < -0.39 is 35.6 Å². The molecule has 3 fully saturated rings. The lowest BCUT2D eigenvalue weighted by Crippen LogP contribution is -2.47. The Bertz CT molecular complexity index is 1040. The van der Waals surface area contributed by atoms with Crippen molar-refractivity contribution in [2.75, 3.05) is 6.61 Å². The van der Waals surface area contributed by atoms with Gasteiger partial charge in [0, 0.05) is 19.3 Å². The van der Waals surface area contributed by atoms with Crippen molar-refractivity contribution < 1.29 is 38.4 Å². The van der Waals surface area contributed by atoms with Gasteiger partial charge in [0.25, 0.3) is 0 Å². The number of aliphatic hydroxyl groups is 2. The normalized spacial score (nSPS) is 38.8. The Morgan fingerprint density at radius 3 is 2.58 bits per heavy atom. The highest BCUT2D eigenvalue weighted by Crippen LogP contribution is 2.45. The van der Waals surface area contributed by atoms with Gasteiger partial charge in [-0.25, -0.2) is 4.98 Å². The van der Waals surface area contributed by atoms with Crippen molar-refractivity contribution in [3.05, 3.63) is 23.4 Å². The summed E-state index contributed by atoms with van der Waals surface area (Å²) in [7, 11) is 0. The standard InChI is InChI=1S/C29H43NO8/c1-16-8-7-9-29(6)24(38-29)12-22(17(2)10-19-14-35-18(3)30-19)37-25(32)13-23(31)28(4,5)27(34)21(26(16)33)11-20-15-36-20/h10,14,16,20-24,26,31,33H,7-9,11-13,15H2,1-6H3. The van der Waals surface area contributed by atoms with Crippen LogP contribution in [0.4, 0.5) is 0 Å². The van der Waals surface area contributed by atoms with Crippen molar-refractivity contribution in [3.63, 3.8) is 0 Å². The molecular weight excluding hydrogens is 490 g/mol. The van der Waals surface area contributed by atoms with Crippen molar-refractivity contribution in [1.29, 1.82) is 0 Å². The van der Waals surface area contributed by atoms with Gasteiger partial charge in [0.2, 0.25) is 0 Å². The molecule has 0 bridgehead atoms. The van der Waals surface area contributed by atoms with E-state index in [2.05, 4.69) is 11.9 Å². The molecule has 4 rings (SSSR count). The predicted molar refractivity (Wildman–Crippen MR) is 139 cm³/mol. The number of carbonyl (C=O) groups is 2. The third-order valence-corrected chi connectivity index (χ3v) is 8.67. The fourth-order valence-electron chi connectivity index (χ4n) is 5.60. The first-order valence-corrected chi connectivity index (χ1v) is 13.8. The number of hydrogen-bond donors (Lipinski definition) is 2. The van der Waals surface area contributed by atoms with E-state index in [-0.39, 0.29) is 35.9 Å². The topological polar surface area (TPSA) is 135 Å². The minimum atomic E-state index is -1.27. The van der Waals surface area contributed by atoms with Crippen LogP contribution >= 0.6 is 0 Å². The van der Waals surface area contributed by atoms with Gasteiger partial charge in [-0.05, 0) is 50.7 Å². The Hall–Kier alpha value is -2.07. The Labute approximate surface area is 224 Å². The molecule has 1 aromatic heterocycles. The van der Waals surface area contributed by atoms with Crippen molar-refractivity contribution in [3.8, 4) is 0 Å². The molecule has 8 unspecified atom stereocenters. The summed E-state index contributed by atoms with van der Waals surface area (Å²) in [4.78, 5) is 31.1. The molecule has 0 saturated carbocycles. The number of cyclic esters (lactones) is 1. The van der Waals surface area contributed by atoms with Crippen molar-refractivity contribution in [2.45, 2.75) is 116 Å². The summed E-state index contributed by atoms with van der Waals surface area (Å²) in [5.41, 5.74) is -0.174. The Kier molecular flexibility index (Phi) is 8.52. The smallest absolute Gasteiger partial charge is 0.309 e. The molecular formula is C29H43NO8. The molecule has 1 aromatic rings. The maximum atomic E-state index is 13.7. The second kappa shape index (κ2) is 11.2. The maximum Gasteiger partial charge on any atom is 0.309 e. The molecule has 0 amide bonds. The number of fused-ring (bicyclic) bond motifs is 1. The number of oxazole rings is 1. The molecule has 3 aliphatic rings. The molecule has 212 valence electrons. The predicted octanol–water partition coefficient (Wildman–Crippen LogP) is 3.78. The first kappa shape index (κ1) is 28.9. The number of esters is 1. The highest BCUT2D eigenvalue weighted by atomic mass is 16.6. The highest BCUT2D eigenvalue weighted by molar-refractivity contribution is 5.88. The third-order valence-electron chi connectivity index (χ3n) is 8.67. The molecule has 9 nitrogen and oxygen atoms in total. The van der Waals surface area contributed by atoms with E-state index in [4.69, 9.17) is 18.6 Å². The fraction of sp³-hybridized carbons (Fsp3) is 0.759. The number of aromatic nitrogens is 1. The second-order valence-electron chi connectivity index (χ2n) is 12.3. The highest BCUT2D eigenvalue weighted by Gasteiger charge is 2.53. The molecule has 0 spiro atoms. The number of carbonyl (C=O) groups excluding carboxylic acids is 2. The summed E-state index contributed by atoms with van der Waals surface area (Å²) >= 11 is 0. The van der Waals surface area contributed by atoms with Gasteiger partial charge in [-0.2, -0.15) is 0 Å². The second-order valence-corrected chi connectivity index (χ2v) is 12.3. The lowest BCUT2D eigenvalue weighted by atomic mass is 9.71. The fourth-order valence-corrected chi connectivity index (χ4v) is 5.60. The summed E-state index contributed by atoms with van der Waals surface area (Å²) in [6, 6.07) is 0. The number of ketones is 1. The van der Waals surface area contributed by atoms with Gasteiger partial charge in [-0.3, -0.25) is 9.59 Å². The van der Waals surface area contributed by atoms with Crippen LogP contribution < -0.4 is 0 Å². The van der Waals surface area contributed by atoms with Crippen LogP contribution in [0.5, 0.6) is 0 Å². The number of aryl methyl sites for hydroxylation is 1. The van der Waals surface area contributed by atoms with Gasteiger partial charge in [-0.15, -0.1) is 0 Å². The lowest BCUT2D eigenvalue weighted by molar-refractivity contribution is -0.155. The maximum absolute atomic E-state index is 13.7. The monoisotopic (exact) mass is 533 g/mol. The number of ether oxygens (including phenoxy) is 3. The van der Waals surface area contributed by atoms with Crippen LogP contribution in [0.2, 0.25) is 0 Å². The zero-order chi connectivity index (χ0) is 27.8. The van der Waals surface area contributed by atoms with Gasteiger partial charge < -0.3 is 28.8 Å². The van der Waals surface area contributed by atoms with Crippen LogP contribution in [0.3, 0.4) is 0 Å². The summed E-state index contributed by atoms with van der Waals surface area (Å²) < 4.78 is 22.6. The zero-order valence-electron chi connectivity index (χ0n) is 23.4. The van der Waals surface area contributed by atoms with E-state index in [1.54, 1.807) is 27.0 Å². The number of aliphatic hydroxyl groups excluding tert-OH is 2. The Morgan fingerprint density at radius 2 is 1.95 bits per heavy atom. The summed E-state index contributed by atoms with van der Waals surface area (Å²) in [5.74, 6) is -1.11. The average molecular weight is 534 g/mol. The first-order valence-electron chi connectivity index (χ1n) is 13.8. The van der Waals surface area contributed by atoms with Crippen molar-refractivity contribution in [1.82, 2.24) is 4.98 Å². The molecule has 9 heteroatoms. The third kappa shape index (κ3) is 6.73. The molecule has 0 aromatic carbocycles. The number of Topliss-reactive ketones (excluding diaryl/α,β-unsaturated/α-hetero) is 1. The Balaban J connectivity index is 1.58. The molecule has 38 heavy (non-hydrogen) atoms. The minimum Gasteiger partial charge on any atom is -0.458 e. The van der Waals surface area contributed by atoms with E-state index in [0.717, 1.165) is 24.8 Å². The largest absolute Gasteiger partial charge is 0.458 e. The van der Waals surface area contributed by atoms with E-state index in [1.807, 2.05) is 19.9 Å². The van der Waals surface area contributed by atoms with Crippen LogP contribution in [-0.2, 0) is 23.8 Å². The van der Waals surface area contributed by atoms with E-state index >= 15 is 0 Å². The molecule has 4 heterocycles. The number of epoxide rings is 2. The van der Waals surface area contributed by atoms with Crippen molar-refractivity contribution in [2.24, 2.45) is 17.3 Å². The van der Waals surface area contributed by atoms with E-state index in [9.17, 15) is 19.8 Å². The van der Waals surface area contributed by atoms with Crippen molar-refractivity contribution >= 4 is 17.8 Å². The number of nitrogens with zero attached hydrogens (tertiary/aromatic N) is 1. The quantitative estimate of drug-likeness (QED) is 0.438. The van der Waals surface area contributed by atoms with Gasteiger partial charge in [0.05, 0.1) is 48.5 Å². The number of rotatable bonds is 4. The van der Waals surface area contributed by atoms with Gasteiger partial charge in [0.1, 0.15) is 23.8 Å². The molecule has 8 atom stereocenters. The van der Waals surface area contributed by atoms with E-state index in [0.29, 0.717) is 31.0 Å². The molecule has 3 aliphatic heterocycles. The van der Waals surface area contributed by atoms with Crippen LogP contribution in [0.25, 0.3) is 6.08 Å². The van der Waals surface area contributed by atoms with Gasteiger partial charge in [-0.1, -0.05) is 27.2 Å². The van der Waals surface area contributed by atoms with Crippen LogP contribution in [0.1, 0.15) is 84.7 Å². The van der Waals surface area contributed by atoms with E-state index in [1.165, 1.54) is 0 Å². The average Bonchev–Trinajstić information content (AvgIpc) is 3.74. The molecule has 2 N–H and O–H groups in total. The molecule has 3 saturated heterocycles. The van der Waals surface area contributed by atoms with Crippen LogP contribution in [0, 0.1) is 24.2 Å². The summed E-state index contributed by atoms with van der Waals surface area (Å²) in [6.07, 6.45) is 3.43. The minimum absolute atomic E-state index is 0.0575. The summed E-state index contributed by atoms with van der Waals surface area (Å²) in [6.45, 7) is 11.5. The van der Waals surface area contributed by atoms with Gasteiger partial charge in [0.15, 0.2) is 5.89 Å². The van der Waals surface area contributed by atoms with Gasteiger partial charge >= 0.3 is 5.97 Å². The molecule has 0 radical (unpaired) electrons. The van der Waals surface area contributed by atoms with Crippen LogP contribution in [0.15, 0.2) is 16.3 Å². The molecule has 0 aliphatic carbocycles. The van der Waals surface area contributed by atoms with Crippen LogP contribution in [-0.4, -0.2) is 69.7 Å².